The molecule has 1 aliphatic heterocycles. The van der Waals surface area contributed by atoms with Gasteiger partial charge < -0.3 is 15.7 Å². The second-order valence-electron chi connectivity index (χ2n) is 8.48. The molecule has 5 nitrogen and oxygen atoms in total. The Morgan fingerprint density at radius 1 is 1.03 bits per heavy atom. The summed E-state index contributed by atoms with van der Waals surface area (Å²) in [5.41, 5.74) is 10.7. The standard InChI is InChI=1S/C25H35N3O2/c1-19-16-22(29)17-20(2)23(19)18-24(26)25(30)28-14-12-27(13-15-28)11-7-6-10-21-8-4-3-5-9-21/h3-5,8-9,16-17,24,29H,6-7,10-15,18,26H2,1-2H3/t24-/m0/s1. The van der Waals surface area contributed by atoms with Crippen LogP contribution in [0.1, 0.15) is 35.1 Å². The van der Waals surface area contributed by atoms with Gasteiger partial charge in [-0.3, -0.25) is 9.69 Å². The summed E-state index contributed by atoms with van der Waals surface area (Å²) in [4.78, 5) is 17.2. The average Bonchev–Trinajstić information content (AvgIpc) is 2.74. The smallest absolute Gasteiger partial charge is 0.239 e. The van der Waals surface area contributed by atoms with E-state index >= 15 is 0 Å². The molecule has 1 amide bonds. The van der Waals surface area contributed by atoms with E-state index in [2.05, 4.69) is 35.2 Å². The van der Waals surface area contributed by atoms with Crippen molar-refractivity contribution in [1.82, 2.24) is 9.80 Å². The number of aromatic hydroxyl groups is 1. The van der Waals surface area contributed by atoms with E-state index in [9.17, 15) is 9.90 Å². The number of phenolic OH excluding ortho intramolecular Hbond substituents is 1. The SMILES string of the molecule is Cc1cc(O)cc(C)c1C[C@H](N)C(=O)N1CCN(CCCCc2ccccc2)CC1. The lowest BCUT2D eigenvalue weighted by atomic mass is 9.95. The fourth-order valence-corrected chi connectivity index (χ4v) is 4.34. The van der Waals surface area contributed by atoms with E-state index in [0.29, 0.717) is 6.42 Å². The maximum absolute atomic E-state index is 12.8. The maximum Gasteiger partial charge on any atom is 0.239 e. The minimum atomic E-state index is -0.538. The Labute approximate surface area is 180 Å². The zero-order valence-electron chi connectivity index (χ0n) is 18.3. The second-order valence-corrected chi connectivity index (χ2v) is 8.48. The summed E-state index contributed by atoms with van der Waals surface area (Å²) in [6.07, 6.45) is 4.02. The van der Waals surface area contributed by atoms with Gasteiger partial charge in [0.25, 0.3) is 0 Å². The largest absolute Gasteiger partial charge is 0.508 e. The third kappa shape index (κ3) is 6.07. The van der Waals surface area contributed by atoms with Gasteiger partial charge in [-0.1, -0.05) is 30.3 Å². The molecular weight excluding hydrogens is 374 g/mol. The number of phenols is 1. The van der Waals surface area contributed by atoms with Crippen molar-refractivity contribution in [2.45, 2.75) is 45.6 Å². The van der Waals surface area contributed by atoms with Crippen molar-refractivity contribution in [3.8, 4) is 5.75 Å². The first-order valence-electron chi connectivity index (χ1n) is 11.0. The van der Waals surface area contributed by atoms with Crippen LogP contribution in [-0.2, 0) is 17.6 Å². The molecule has 162 valence electrons. The number of benzene rings is 2. The monoisotopic (exact) mass is 409 g/mol. The van der Waals surface area contributed by atoms with Crippen molar-refractivity contribution in [2.24, 2.45) is 5.73 Å². The van der Waals surface area contributed by atoms with E-state index in [0.717, 1.165) is 55.8 Å². The first kappa shape index (κ1) is 22.3. The minimum Gasteiger partial charge on any atom is -0.508 e. The summed E-state index contributed by atoms with van der Waals surface area (Å²) >= 11 is 0. The fraction of sp³-hybridized carbons (Fsp3) is 0.480. The number of hydrogen-bond acceptors (Lipinski definition) is 4. The van der Waals surface area contributed by atoms with Gasteiger partial charge in [-0.2, -0.15) is 0 Å². The predicted molar refractivity (Wildman–Crippen MR) is 122 cm³/mol. The molecule has 0 aliphatic carbocycles. The second kappa shape index (κ2) is 10.6. The first-order valence-corrected chi connectivity index (χ1v) is 11.0. The Balaban J connectivity index is 1.40. The molecule has 1 fully saturated rings. The van der Waals surface area contributed by atoms with Crippen molar-refractivity contribution >= 4 is 5.91 Å². The average molecular weight is 410 g/mol. The van der Waals surface area contributed by atoms with Crippen LogP contribution in [0.25, 0.3) is 0 Å². The summed E-state index contributed by atoms with van der Waals surface area (Å²) in [5, 5.41) is 9.71. The van der Waals surface area contributed by atoms with Gasteiger partial charge in [0.15, 0.2) is 0 Å². The number of carbonyl (C=O) groups excluding carboxylic acids is 1. The lowest BCUT2D eigenvalue weighted by Crippen LogP contribution is -2.53. The molecule has 3 rings (SSSR count). The molecule has 0 bridgehead atoms. The van der Waals surface area contributed by atoms with Crippen molar-refractivity contribution in [3.05, 3.63) is 64.7 Å². The highest BCUT2D eigenvalue weighted by molar-refractivity contribution is 5.82. The number of rotatable bonds is 8. The summed E-state index contributed by atoms with van der Waals surface area (Å²) < 4.78 is 0. The van der Waals surface area contributed by atoms with Gasteiger partial charge in [-0.05, 0) is 80.5 Å². The van der Waals surface area contributed by atoms with E-state index in [1.165, 1.54) is 18.4 Å². The van der Waals surface area contributed by atoms with Gasteiger partial charge >= 0.3 is 0 Å². The lowest BCUT2D eigenvalue weighted by molar-refractivity contribution is -0.134. The van der Waals surface area contributed by atoms with E-state index in [1.54, 1.807) is 12.1 Å². The van der Waals surface area contributed by atoms with E-state index in [1.807, 2.05) is 18.7 Å². The molecule has 0 radical (unpaired) electrons. The van der Waals surface area contributed by atoms with Gasteiger partial charge in [0.1, 0.15) is 5.75 Å². The van der Waals surface area contributed by atoms with Crippen LogP contribution in [0.15, 0.2) is 42.5 Å². The van der Waals surface area contributed by atoms with Crippen LogP contribution in [-0.4, -0.2) is 59.6 Å². The molecule has 0 saturated carbocycles. The van der Waals surface area contributed by atoms with E-state index in [-0.39, 0.29) is 11.7 Å². The van der Waals surface area contributed by atoms with E-state index < -0.39 is 6.04 Å². The molecule has 2 aromatic rings. The highest BCUT2D eigenvalue weighted by Crippen LogP contribution is 2.22. The van der Waals surface area contributed by atoms with Crippen LogP contribution in [0.5, 0.6) is 5.75 Å². The van der Waals surface area contributed by atoms with Crippen molar-refractivity contribution in [1.29, 1.82) is 0 Å². The number of aryl methyl sites for hydroxylation is 3. The molecule has 1 atom stereocenters. The number of piperazine rings is 1. The third-order valence-corrected chi connectivity index (χ3v) is 6.14. The van der Waals surface area contributed by atoms with Crippen LogP contribution in [0.3, 0.4) is 0 Å². The summed E-state index contributed by atoms with van der Waals surface area (Å²) in [6, 6.07) is 13.6. The Hall–Kier alpha value is -2.37. The fourth-order valence-electron chi connectivity index (χ4n) is 4.34. The number of amides is 1. The Morgan fingerprint density at radius 2 is 1.67 bits per heavy atom. The van der Waals surface area contributed by atoms with Crippen LogP contribution in [0, 0.1) is 13.8 Å². The molecule has 1 aliphatic rings. The van der Waals surface area contributed by atoms with Crippen LogP contribution in [0.4, 0.5) is 0 Å². The lowest BCUT2D eigenvalue weighted by Gasteiger charge is -2.36. The summed E-state index contributed by atoms with van der Waals surface area (Å²) in [6.45, 7) is 8.33. The number of unbranched alkanes of at least 4 members (excludes halogenated alkanes) is 1. The van der Waals surface area contributed by atoms with Gasteiger partial charge in [-0.25, -0.2) is 0 Å². The molecule has 0 unspecified atom stereocenters. The number of nitrogens with zero attached hydrogens (tertiary/aromatic N) is 2. The quantitative estimate of drug-likeness (QED) is 0.658. The molecule has 1 heterocycles. The van der Waals surface area contributed by atoms with Gasteiger partial charge in [-0.15, -0.1) is 0 Å². The molecule has 1 saturated heterocycles. The minimum absolute atomic E-state index is 0.0330. The number of nitrogens with two attached hydrogens (primary N) is 1. The highest BCUT2D eigenvalue weighted by Gasteiger charge is 2.26. The normalized spacial score (nSPS) is 15.9. The third-order valence-electron chi connectivity index (χ3n) is 6.14. The van der Waals surface area contributed by atoms with Crippen molar-refractivity contribution in [3.63, 3.8) is 0 Å². The number of hydrogen-bond donors (Lipinski definition) is 2. The summed E-state index contributed by atoms with van der Waals surface area (Å²) in [5.74, 6) is 0.291. The molecule has 3 N–H and O–H groups in total. The highest BCUT2D eigenvalue weighted by atomic mass is 16.3. The van der Waals surface area contributed by atoms with Crippen LogP contribution in [0.2, 0.25) is 0 Å². The van der Waals surface area contributed by atoms with Gasteiger partial charge in [0.05, 0.1) is 6.04 Å². The molecule has 2 aromatic carbocycles. The van der Waals surface area contributed by atoms with Crippen LogP contribution >= 0.6 is 0 Å². The first-order chi connectivity index (χ1) is 14.4. The molecule has 30 heavy (non-hydrogen) atoms. The van der Waals surface area contributed by atoms with Gasteiger partial charge in [0, 0.05) is 26.2 Å². The Morgan fingerprint density at radius 3 is 2.30 bits per heavy atom. The van der Waals surface area contributed by atoms with E-state index in [4.69, 9.17) is 5.73 Å². The molecule has 5 heteroatoms. The zero-order chi connectivity index (χ0) is 21.5. The van der Waals surface area contributed by atoms with Crippen molar-refractivity contribution in [2.75, 3.05) is 32.7 Å². The van der Waals surface area contributed by atoms with Crippen LogP contribution < -0.4 is 5.73 Å². The maximum atomic E-state index is 12.8. The molecule has 0 aromatic heterocycles. The zero-order valence-corrected chi connectivity index (χ0v) is 18.3. The number of carbonyl (C=O) groups is 1. The molecular formula is C25H35N3O2. The topological polar surface area (TPSA) is 69.8 Å². The summed E-state index contributed by atoms with van der Waals surface area (Å²) in [7, 11) is 0. The van der Waals surface area contributed by atoms with Crippen molar-refractivity contribution < 1.29 is 9.90 Å². The predicted octanol–water partition coefficient (Wildman–Crippen LogP) is 3.05. The molecule has 0 spiro atoms. The Bertz CT molecular complexity index is 807. The van der Waals surface area contributed by atoms with Gasteiger partial charge in [0.2, 0.25) is 5.91 Å². The Kier molecular flexibility index (Phi) is 7.88.